The van der Waals surface area contributed by atoms with Gasteiger partial charge in [-0.1, -0.05) is 12.1 Å². The van der Waals surface area contributed by atoms with Crippen molar-refractivity contribution in [2.24, 2.45) is 5.73 Å². The van der Waals surface area contributed by atoms with E-state index in [1.807, 2.05) is 0 Å². The van der Waals surface area contributed by atoms with Crippen molar-refractivity contribution in [1.29, 1.82) is 0 Å². The molecule has 1 saturated heterocycles. The lowest BCUT2D eigenvalue weighted by Gasteiger charge is -2.35. The van der Waals surface area contributed by atoms with Gasteiger partial charge in [-0.25, -0.2) is 0 Å². The van der Waals surface area contributed by atoms with E-state index in [1.165, 1.54) is 17.0 Å². The summed E-state index contributed by atoms with van der Waals surface area (Å²) in [5.41, 5.74) is 5.03. The zero-order valence-electron chi connectivity index (χ0n) is 14.4. The molecule has 1 heterocycles. The Kier molecular flexibility index (Phi) is 8.80. The van der Waals surface area contributed by atoms with E-state index in [1.54, 1.807) is 12.1 Å². The number of nitrogens with one attached hydrogen (secondary N) is 2. The number of primary amides is 1. The number of hydrogen-bond donors (Lipinski definition) is 3. The van der Waals surface area contributed by atoms with Crippen molar-refractivity contribution < 1.29 is 27.5 Å². The number of alkyl halides is 3. The van der Waals surface area contributed by atoms with Crippen LogP contribution >= 0.6 is 12.4 Å². The highest BCUT2D eigenvalue weighted by Gasteiger charge is 2.43. The van der Waals surface area contributed by atoms with Crippen molar-refractivity contribution in [1.82, 2.24) is 15.5 Å². The Morgan fingerprint density at radius 2 is 1.89 bits per heavy atom. The molecule has 0 aromatic heterocycles. The van der Waals surface area contributed by atoms with E-state index in [0.717, 1.165) is 0 Å². The molecule has 4 N–H and O–H groups in total. The molecule has 1 aromatic rings. The highest BCUT2D eigenvalue weighted by atomic mass is 35.5. The van der Waals surface area contributed by atoms with Crippen LogP contribution in [0.5, 0.6) is 5.75 Å². The first kappa shape index (κ1) is 23.0. The molecule has 1 aliphatic rings. The second kappa shape index (κ2) is 10.3. The third-order valence-corrected chi connectivity index (χ3v) is 3.93. The average Bonchev–Trinajstić information content (AvgIpc) is 2.60. The van der Waals surface area contributed by atoms with Crippen LogP contribution in [0.3, 0.4) is 0 Å². The molecule has 1 aliphatic heterocycles. The standard InChI is InChI=1S/C16H21F3N4O3.ClH/c17-16(18,19)13(23-7-5-21-6-8-23)9-22-15(25)11-3-1-2-4-12(11)26-10-14(20)24;/h1-4,13,21H,5-10H2,(H2,20,24)(H,22,25);1H. The Morgan fingerprint density at radius 3 is 2.48 bits per heavy atom. The van der Waals surface area contributed by atoms with Gasteiger partial charge < -0.3 is 21.1 Å². The molecule has 0 saturated carbocycles. The molecular weight excluding hydrogens is 389 g/mol. The first-order valence-electron chi connectivity index (χ1n) is 8.09. The second-order valence-electron chi connectivity index (χ2n) is 5.80. The summed E-state index contributed by atoms with van der Waals surface area (Å²) < 4.78 is 45.2. The quantitative estimate of drug-likeness (QED) is 0.609. The van der Waals surface area contributed by atoms with Gasteiger partial charge in [0.15, 0.2) is 6.61 Å². The van der Waals surface area contributed by atoms with E-state index in [4.69, 9.17) is 10.5 Å². The summed E-state index contributed by atoms with van der Waals surface area (Å²) in [7, 11) is 0. The molecule has 1 unspecified atom stereocenters. The van der Waals surface area contributed by atoms with Gasteiger partial charge in [-0.15, -0.1) is 12.4 Å². The summed E-state index contributed by atoms with van der Waals surface area (Å²) in [5.74, 6) is -1.36. The first-order valence-corrected chi connectivity index (χ1v) is 8.09. The zero-order chi connectivity index (χ0) is 19.2. The summed E-state index contributed by atoms with van der Waals surface area (Å²) in [6, 6.07) is 4.19. The van der Waals surface area contributed by atoms with Crippen molar-refractivity contribution in [3.63, 3.8) is 0 Å². The minimum Gasteiger partial charge on any atom is -0.483 e. The number of carbonyl (C=O) groups excluding carboxylic acids is 2. The molecule has 0 spiro atoms. The van der Waals surface area contributed by atoms with Crippen molar-refractivity contribution >= 4 is 24.2 Å². The second-order valence-corrected chi connectivity index (χ2v) is 5.80. The molecule has 2 rings (SSSR count). The van der Waals surface area contributed by atoms with E-state index < -0.39 is 37.2 Å². The number of rotatable bonds is 7. The molecular formula is C16H22ClF3N4O3. The van der Waals surface area contributed by atoms with Crippen molar-refractivity contribution in [3.8, 4) is 5.75 Å². The number of para-hydroxylation sites is 1. The topological polar surface area (TPSA) is 96.7 Å². The Bertz CT molecular complexity index is 640. The number of benzene rings is 1. The van der Waals surface area contributed by atoms with E-state index in [-0.39, 0.29) is 36.8 Å². The van der Waals surface area contributed by atoms with E-state index in [9.17, 15) is 22.8 Å². The fourth-order valence-corrected chi connectivity index (χ4v) is 2.66. The van der Waals surface area contributed by atoms with Crippen molar-refractivity contribution in [2.45, 2.75) is 12.2 Å². The normalized spacial score (nSPS) is 16.1. The van der Waals surface area contributed by atoms with Crippen LogP contribution in [0.4, 0.5) is 13.2 Å². The van der Waals surface area contributed by atoms with Crippen molar-refractivity contribution in [3.05, 3.63) is 29.8 Å². The lowest BCUT2D eigenvalue weighted by Crippen LogP contribution is -2.57. The fourth-order valence-electron chi connectivity index (χ4n) is 2.66. The van der Waals surface area contributed by atoms with E-state index in [0.29, 0.717) is 13.1 Å². The SMILES string of the molecule is Cl.NC(=O)COc1ccccc1C(=O)NCC(N1CCNCC1)C(F)(F)F. The molecule has 0 radical (unpaired) electrons. The number of carbonyl (C=O) groups is 2. The Labute approximate surface area is 160 Å². The summed E-state index contributed by atoms with van der Waals surface area (Å²) >= 11 is 0. The largest absolute Gasteiger partial charge is 0.483 e. The third kappa shape index (κ3) is 6.89. The van der Waals surface area contributed by atoms with Gasteiger partial charge in [0.1, 0.15) is 11.8 Å². The Morgan fingerprint density at radius 1 is 1.26 bits per heavy atom. The predicted molar refractivity (Wildman–Crippen MR) is 95.0 cm³/mol. The molecule has 27 heavy (non-hydrogen) atoms. The molecule has 7 nitrogen and oxygen atoms in total. The van der Waals surface area contributed by atoms with Gasteiger partial charge in [0.25, 0.3) is 11.8 Å². The van der Waals surface area contributed by atoms with Crippen LogP contribution in [-0.4, -0.2) is 68.3 Å². The molecule has 0 aliphatic carbocycles. The summed E-state index contributed by atoms with van der Waals surface area (Å²) in [5, 5.41) is 5.31. The van der Waals surface area contributed by atoms with Gasteiger partial charge in [-0.3, -0.25) is 14.5 Å². The third-order valence-electron chi connectivity index (χ3n) is 3.93. The number of halogens is 4. The van der Waals surface area contributed by atoms with E-state index >= 15 is 0 Å². The summed E-state index contributed by atoms with van der Waals surface area (Å²) in [6.45, 7) is 0.411. The number of amides is 2. The molecule has 0 bridgehead atoms. The maximum atomic E-state index is 13.4. The Balaban J connectivity index is 0.00000364. The number of nitrogens with zero attached hydrogens (tertiary/aromatic N) is 1. The lowest BCUT2D eigenvalue weighted by molar-refractivity contribution is -0.183. The number of hydrogen-bond acceptors (Lipinski definition) is 5. The van der Waals surface area contributed by atoms with Gasteiger partial charge in [0.2, 0.25) is 0 Å². The fraction of sp³-hybridized carbons (Fsp3) is 0.500. The van der Waals surface area contributed by atoms with Gasteiger partial charge in [0, 0.05) is 32.7 Å². The smallest absolute Gasteiger partial charge is 0.405 e. The number of nitrogens with two attached hydrogens (primary N) is 1. The van der Waals surface area contributed by atoms with Crippen LogP contribution < -0.4 is 21.1 Å². The van der Waals surface area contributed by atoms with Crippen LogP contribution in [0.2, 0.25) is 0 Å². The van der Waals surface area contributed by atoms with Gasteiger partial charge in [-0.2, -0.15) is 13.2 Å². The van der Waals surface area contributed by atoms with Gasteiger partial charge in [-0.05, 0) is 12.1 Å². The Hall–Kier alpha value is -2.04. The van der Waals surface area contributed by atoms with Gasteiger partial charge in [0.05, 0.1) is 5.56 Å². The summed E-state index contributed by atoms with van der Waals surface area (Å²) in [4.78, 5) is 24.4. The highest BCUT2D eigenvalue weighted by Crippen LogP contribution is 2.25. The maximum Gasteiger partial charge on any atom is 0.405 e. The number of ether oxygens (including phenoxy) is 1. The molecule has 1 atom stereocenters. The molecule has 11 heteroatoms. The van der Waals surface area contributed by atoms with Crippen LogP contribution in [0.25, 0.3) is 0 Å². The molecule has 152 valence electrons. The molecule has 1 fully saturated rings. The minimum atomic E-state index is -4.47. The highest BCUT2D eigenvalue weighted by molar-refractivity contribution is 5.97. The van der Waals surface area contributed by atoms with E-state index in [2.05, 4.69) is 10.6 Å². The minimum absolute atomic E-state index is 0. The van der Waals surface area contributed by atoms with Crippen LogP contribution in [-0.2, 0) is 4.79 Å². The monoisotopic (exact) mass is 410 g/mol. The van der Waals surface area contributed by atoms with Crippen LogP contribution in [0.15, 0.2) is 24.3 Å². The predicted octanol–water partition coefficient (Wildman–Crippen LogP) is 0.538. The van der Waals surface area contributed by atoms with Crippen LogP contribution in [0.1, 0.15) is 10.4 Å². The lowest BCUT2D eigenvalue weighted by atomic mass is 10.1. The maximum absolute atomic E-state index is 13.4. The van der Waals surface area contributed by atoms with Crippen LogP contribution in [0, 0.1) is 0 Å². The van der Waals surface area contributed by atoms with Crippen molar-refractivity contribution in [2.75, 3.05) is 39.3 Å². The summed E-state index contributed by atoms with van der Waals surface area (Å²) in [6.07, 6.45) is -4.47. The molecule has 2 amide bonds. The average molecular weight is 411 g/mol. The first-order chi connectivity index (χ1) is 12.3. The number of piperazine rings is 1. The zero-order valence-corrected chi connectivity index (χ0v) is 15.2. The molecule has 1 aromatic carbocycles. The van der Waals surface area contributed by atoms with Gasteiger partial charge >= 0.3 is 6.18 Å².